The second-order valence-electron chi connectivity index (χ2n) is 30.2. The van der Waals surface area contributed by atoms with E-state index in [0.29, 0.717) is 148 Å². The van der Waals surface area contributed by atoms with Gasteiger partial charge in [-0.2, -0.15) is 10.4 Å². The molecule has 7 aromatic heterocycles. The van der Waals surface area contributed by atoms with Gasteiger partial charge in [0.2, 0.25) is 5.75 Å². The predicted molar refractivity (Wildman–Crippen MR) is 487 cm³/mol. The molecule has 650 valence electrons. The largest absolute Gasteiger partial charge is 0.493 e. The minimum atomic E-state index is -0.889. The average molecular weight is 1700 g/mol. The van der Waals surface area contributed by atoms with Gasteiger partial charge >= 0.3 is 0 Å². The van der Waals surface area contributed by atoms with Gasteiger partial charge in [-0.05, 0) is 151 Å². The monoisotopic (exact) mass is 1700 g/mol. The lowest BCUT2D eigenvalue weighted by Crippen LogP contribution is -2.46. The van der Waals surface area contributed by atoms with Crippen molar-refractivity contribution in [1.82, 2.24) is 74.2 Å². The molecule has 7 heterocycles. The third-order valence-electron chi connectivity index (χ3n) is 20.6. The van der Waals surface area contributed by atoms with Crippen LogP contribution in [0.2, 0.25) is 0 Å². The summed E-state index contributed by atoms with van der Waals surface area (Å²) in [7, 11) is 7.87. The Morgan fingerprint density at radius 1 is 0.571 bits per heavy atom. The summed E-state index contributed by atoms with van der Waals surface area (Å²) < 4.78 is 21.9. The van der Waals surface area contributed by atoms with Crippen LogP contribution in [0.5, 0.6) is 17.2 Å². The molecular formula is C93H102N22O11. The van der Waals surface area contributed by atoms with Crippen LogP contribution in [0.4, 0.5) is 17.5 Å². The summed E-state index contributed by atoms with van der Waals surface area (Å²) in [4.78, 5) is 89.9. The van der Waals surface area contributed by atoms with Gasteiger partial charge in [-0.15, -0.1) is 0 Å². The van der Waals surface area contributed by atoms with Crippen molar-refractivity contribution in [3.63, 3.8) is 0 Å². The molecule has 1 aliphatic rings. The number of aromatic nitrogens is 11. The molecule has 1 aliphatic carbocycles. The number of fused-ring (bicyclic) bond motifs is 4. The Morgan fingerprint density at radius 3 is 1.33 bits per heavy atom. The summed E-state index contributed by atoms with van der Waals surface area (Å²) in [6, 6.07) is 35.0. The molecule has 0 unspecified atom stereocenters. The zero-order chi connectivity index (χ0) is 91.2. The quantitative estimate of drug-likeness (QED) is 0.0118. The fraction of sp³-hybridized carbons (Fsp3) is 0.301. The molecule has 1 fully saturated rings. The molecule has 5 aromatic carbocycles. The first kappa shape index (κ1) is 93.1. The highest BCUT2D eigenvalue weighted by atomic mass is 16.5. The number of aliphatic hydroxyl groups is 4. The Bertz CT molecular complexity index is 6290. The standard InChI is InChI=1S/C24H28N6O3.C24H28N6O2.C23H24N6O2.C22H22N4O4/c1-15-6-8-16(9-7-15)19-18(12-17(26-4)23(33)29-24(2,3)13-32)30(10-5-11-31)22-20(19)21(25)27-14-28-22;1-5-29(6-2)24(32)18(26-4)14-19-20(17-10-8-16(3)9-11-17)21-22(25)27-15-28-23(21)30(19)12-7-13-31;1-14-4-6-15(7-5-14)19-18(12-17(25-2)23(31)28-16-8-9-16)29(10-3-11-30)22-20(19)21(24)26-13-27-22;1-26(2)22(27)15(12-23)8-13-6-7-17-16(9-13)20(25-24-17)14-10-18(28-3)21(30-5)19(11-14)29-4/h6-9,12,14,31-32H,5,10-11,13H2,1-3H3,(H,29,33)(H2,25,27,28);8-11,14-15,31H,5-7,12-13H2,1-3H3,(H2,25,27,28);4-7,12-13,16,30H,3,8-11H2,1H3,(H,28,31)(H2,24,26,27);6-11H,1-5H3,(H,24,25)/b17-12-;18-14-;17-12-;15-8+. The van der Waals surface area contributed by atoms with Crippen LogP contribution in [-0.2, 0) is 38.8 Å². The first-order valence-electron chi connectivity index (χ1n) is 40.5. The van der Waals surface area contributed by atoms with E-state index in [1.807, 2.05) is 158 Å². The Hall–Kier alpha value is -15.1. The lowest BCUT2D eigenvalue weighted by atomic mass is 10.0. The molecule has 126 heavy (non-hydrogen) atoms. The number of anilines is 3. The molecule has 0 bridgehead atoms. The van der Waals surface area contributed by atoms with Gasteiger partial charge in [0.25, 0.3) is 40.7 Å². The Kier molecular flexibility index (Phi) is 31.5. The summed E-state index contributed by atoms with van der Waals surface area (Å²) in [6.07, 6.45) is 13.7. The van der Waals surface area contributed by atoms with E-state index in [4.69, 9.17) is 51.1 Å². The lowest BCUT2D eigenvalue weighted by molar-refractivity contribution is -0.126. The third kappa shape index (κ3) is 21.3. The van der Waals surface area contributed by atoms with Crippen LogP contribution >= 0.6 is 0 Å². The molecular weight excluding hydrogens is 1600 g/mol. The van der Waals surface area contributed by atoms with Gasteiger partial charge < -0.3 is 86.0 Å². The number of nitrogen functional groups attached to an aromatic ring is 3. The number of aromatic amines is 1. The molecule has 0 spiro atoms. The molecule has 4 amide bonds. The van der Waals surface area contributed by atoms with Crippen molar-refractivity contribution in [2.45, 2.75) is 112 Å². The molecule has 0 radical (unpaired) electrons. The average Bonchev–Trinajstić information content (AvgIpc) is 1.60. The summed E-state index contributed by atoms with van der Waals surface area (Å²) >= 11 is 0. The highest BCUT2D eigenvalue weighted by Crippen LogP contribution is 2.45. The second kappa shape index (κ2) is 42.6. The van der Waals surface area contributed by atoms with Crippen LogP contribution in [-0.4, -0.2) is 194 Å². The van der Waals surface area contributed by atoms with E-state index in [2.05, 4.69) is 65.3 Å². The van der Waals surface area contributed by atoms with Gasteiger partial charge in [-0.1, -0.05) is 95.6 Å². The lowest BCUT2D eigenvalue weighted by Gasteiger charge is -2.23. The summed E-state index contributed by atoms with van der Waals surface area (Å²) in [5.74, 6) is 0.795. The molecule has 33 heteroatoms. The van der Waals surface area contributed by atoms with Crippen LogP contribution in [0, 0.1) is 51.8 Å². The molecule has 33 nitrogen and oxygen atoms in total. The number of nitriles is 1. The Balaban J connectivity index is 0.000000175. The van der Waals surface area contributed by atoms with Gasteiger partial charge in [0.05, 0.1) is 74.9 Å². The van der Waals surface area contributed by atoms with Crippen molar-refractivity contribution in [1.29, 1.82) is 5.26 Å². The van der Waals surface area contributed by atoms with Crippen molar-refractivity contribution in [3.05, 3.63) is 218 Å². The number of carbonyl (C=O) groups is 4. The summed E-state index contributed by atoms with van der Waals surface area (Å²) in [6.45, 7) is 38.0. The fourth-order valence-electron chi connectivity index (χ4n) is 14.0. The fourth-order valence-corrected chi connectivity index (χ4v) is 14.0. The number of aliphatic hydroxyl groups excluding tert-OH is 4. The number of hydrogen-bond acceptors (Lipinski definition) is 22. The van der Waals surface area contributed by atoms with Crippen LogP contribution in [0.1, 0.15) is 99.1 Å². The number of benzene rings is 5. The minimum absolute atomic E-state index is 0.000142. The summed E-state index contributed by atoms with van der Waals surface area (Å²) in [5, 5.41) is 63.0. The van der Waals surface area contributed by atoms with Gasteiger partial charge in [0.15, 0.2) is 11.5 Å². The number of nitrogens with zero attached hydrogens (tertiary/aromatic N) is 16. The molecule has 12 aromatic rings. The van der Waals surface area contributed by atoms with Crippen LogP contribution < -0.4 is 42.0 Å². The zero-order valence-corrected chi connectivity index (χ0v) is 72.4. The van der Waals surface area contributed by atoms with E-state index >= 15 is 0 Å². The first-order valence-corrected chi connectivity index (χ1v) is 40.5. The normalized spacial score (nSPS) is 12.2. The molecule has 0 atom stereocenters. The molecule has 1 saturated carbocycles. The number of methoxy groups -OCH3 is 3. The highest BCUT2D eigenvalue weighted by molar-refractivity contribution is 6.11. The number of amides is 4. The number of carbonyl (C=O) groups excluding carboxylic acids is 4. The number of rotatable bonds is 29. The number of hydrogen-bond donors (Lipinski definition) is 10. The number of ether oxygens (including phenoxy) is 3. The zero-order valence-electron chi connectivity index (χ0n) is 72.4. The van der Waals surface area contributed by atoms with Gasteiger partial charge in [-0.25, -0.2) is 44.4 Å². The SMILES string of the molecule is COc1cc(-c2n[nH]c3ccc(/C=C(\C#N)C(=O)N(C)C)cc23)cc(OC)c1OC.[C-]#[N+]/C(=C\c1c(-c2ccc(C)cc2)c2c(N)ncnc2n1CCCO)C(=O)N(CC)CC.[C-]#[N+]/C(=C\c1c(-c2ccc(C)cc2)c2c(N)ncnc2n1CCCO)C(=O)NC(C)(C)CO.[C-]#[N+]/C(=C\c1c(-c2ccc(C)cc2)c2c(N)ncnc2n1CCCO)C(=O)NC1CC1. The maximum atomic E-state index is 13.0. The number of nitrogens with one attached hydrogen (secondary N) is 3. The van der Waals surface area contributed by atoms with Crippen molar-refractivity contribution >= 4 is 109 Å². The minimum Gasteiger partial charge on any atom is -0.493 e. The van der Waals surface area contributed by atoms with Gasteiger partial charge in [-0.3, -0.25) is 24.3 Å². The van der Waals surface area contributed by atoms with E-state index in [9.17, 15) is 44.9 Å². The first-order chi connectivity index (χ1) is 60.6. The number of aryl methyl sites for hydroxylation is 6. The van der Waals surface area contributed by atoms with E-state index < -0.39 is 11.4 Å². The molecule has 0 saturated heterocycles. The Labute approximate surface area is 729 Å². The third-order valence-corrected chi connectivity index (χ3v) is 20.6. The number of H-pyrrole nitrogens is 1. The van der Waals surface area contributed by atoms with Crippen molar-refractivity contribution in [2.24, 2.45) is 0 Å². The smallest absolute Gasteiger partial charge is 0.264 e. The number of likely N-dealkylation sites (N-methyl/N-ethyl adjacent to an activating group) is 2. The highest BCUT2D eigenvalue weighted by Gasteiger charge is 2.31. The summed E-state index contributed by atoms with van der Waals surface area (Å²) in [5.41, 5.74) is 32.6. The van der Waals surface area contributed by atoms with Crippen LogP contribution in [0.25, 0.3) is 127 Å². The van der Waals surface area contributed by atoms with Crippen LogP contribution in [0.3, 0.4) is 0 Å². The van der Waals surface area contributed by atoms with E-state index in [-0.39, 0.29) is 78.7 Å². The van der Waals surface area contributed by atoms with Crippen molar-refractivity contribution in [3.8, 4) is 68.0 Å². The Morgan fingerprint density at radius 2 is 0.976 bits per heavy atom. The topological polar surface area (TPSA) is 443 Å². The maximum Gasteiger partial charge on any atom is 0.264 e. The molecule has 13 rings (SSSR count). The van der Waals surface area contributed by atoms with Crippen LogP contribution in [0.15, 0.2) is 145 Å². The van der Waals surface area contributed by atoms with Crippen molar-refractivity contribution in [2.75, 3.05) is 92.1 Å². The van der Waals surface area contributed by atoms with E-state index in [1.54, 1.807) is 72.4 Å². The van der Waals surface area contributed by atoms with Gasteiger partial charge in [0.1, 0.15) is 70.7 Å². The van der Waals surface area contributed by atoms with Crippen molar-refractivity contribution < 1.29 is 53.8 Å². The molecule has 13 N–H and O–H groups in total. The predicted octanol–water partition coefficient (Wildman–Crippen LogP) is 12.2. The second-order valence-corrected chi connectivity index (χ2v) is 30.2. The molecule has 0 aliphatic heterocycles. The van der Waals surface area contributed by atoms with E-state index in [1.165, 1.54) is 30.0 Å². The number of nitrogens with two attached hydrogens (primary N) is 3. The maximum absolute atomic E-state index is 13.0. The van der Waals surface area contributed by atoms with E-state index in [0.717, 1.165) is 73.8 Å². The van der Waals surface area contributed by atoms with Gasteiger partial charge in [0, 0.05) is 117 Å².